The van der Waals surface area contributed by atoms with Gasteiger partial charge in [-0.3, -0.25) is 0 Å². The highest BCUT2D eigenvalue weighted by molar-refractivity contribution is 5.91. The van der Waals surface area contributed by atoms with Crippen LogP contribution < -0.4 is 5.73 Å². The van der Waals surface area contributed by atoms with Gasteiger partial charge in [0, 0.05) is 5.56 Å². The number of carbonyl (C=O) groups excluding carboxylic acids is 1. The molecule has 0 saturated carbocycles. The minimum Gasteiger partial charge on any atom is -0.507 e. The quantitative estimate of drug-likeness (QED) is 0.701. The summed E-state index contributed by atoms with van der Waals surface area (Å²) in [6.45, 7) is 1.37. The average Bonchev–Trinajstić information content (AvgIpc) is 2.39. The standard InChI is InChI=1S/C12H13F2NO5/c1-2-20-12(19)8(14)9(15)6-3-5(13)4-7(10(6)16)11(17)18/h3-4,8-9,16H,2,15H2,1H3,(H,17,18)/t8?,9-/m0/s1. The van der Waals surface area contributed by atoms with Crippen LogP contribution in [0.4, 0.5) is 8.78 Å². The van der Waals surface area contributed by atoms with Crippen LogP contribution in [0.25, 0.3) is 0 Å². The van der Waals surface area contributed by atoms with E-state index in [1.807, 2.05) is 0 Å². The first kappa shape index (κ1) is 15.8. The van der Waals surface area contributed by atoms with Crippen molar-refractivity contribution in [1.82, 2.24) is 0 Å². The minimum atomic E-state index is -2.36. The lowest BCUT2D eigenvalue weighted by Gasteiger charge is -2.18. The number of aromatic hydroxyl groups is 1. The van der Waals surface area contributed by atoms with Gasteiger partial charge in [0.25, 0.3) is 0 Å². The molecular weight excluding hydrogens is 276 g/mol. The van der Waals surface area contributed by atoms with Gasteiger partial charge in [-0.1, -0.05) is 0 Å². The van der Waals surface area contributed by atoms with Crippen LogP contribution in [0.5, 0.6) is 5.75 Å². The van der Waals surface area contributed by atoms with E-state index in [1.54, 1.807) is 0 Å². The molecule has 0 aliphatic rings. The molecule has 0 aliphatic carbocycles. The molecule has 110 valence electrons. The van der Waals surface area contributed by atoms with Crippen molar-refractivity contribution in [3.63, 3.8) is 0 Å². The summed E-state index contributed by atoms with van der Waals surface area (Å²) in [4.78, 5) is 22.0. The number of carbonyl (C=O) groups is 2. The predicted octanol–water partition coefficient (Wildman–Crippen LogP) is 1.13. The fourth-order valence-electron chi connectivity index (χ4n) is 1.56. The summed E-state index contributed by atoms with van der Waals surface area (Å²) in [6, 6.07) is -0.521. The number of aromatic carboxylic acids is 1. The number of hydrogen-bond acceptors (Lipinski definition) is 5. The van der Waals surface area contributed by atoms with Crippen molar-refractivity contribution in [3.8, 4) is 5.75 Å². The van der Waals surface area contributed by atoms with E-state index < -0.39 is 46.8 Å². The molecule has 0 aromatic heterocycles. The molecule has 8 heteroatoms. The first-order valence-corrected chi connectivity index (χ1v) is 5.61. The average molecular weight is 289 g/mol. The molecule has 0 bridgehead atoms. The summed E-state index contributed by atoms with van der Waals surface area (Å²) < 4.78 is 31.4. The van der Waals surface area contributed by atoms with Crippen LogP contribution in [-0.4, -0.2) is 34.9 Å². The summed E-state index contributed by atoms with van der Waals surface area (Å²) in [5.74, 6) is -4.80. The molecule has 1 rings (SSSR count). The molecule has 0 fully saturated rings. The highest BCUT2D eigenvalue weighted by Gasteiger charge is 2.31. The van der Waals surface area contributed by atoms with Crippen molar-refractivity contribution in [3.05, 3.63) is 29.1 Å². The highest BCUT2D eigenvalue weighted by Crippen LogP contribution is 2.31. The number of esters is 1. The van der Waals surface area contributed by atoms with Gasteiger partial charge in [0.15, 0.2) is 0 Å². The molecule has 0 spiro atoms. The van der Waals surface area contributed by atoms with Gasteiger partial charge in [-0.15, -0.1) is 0 Å². The SMILES string of the molecule is CCOC(=O)C(F)[C@@H](N)c1cc(F)cc(C(=O)O)c1O. The summed E-state index contributed by atoms with van der Waals surface area (Å²) in [5, 5.41) is 18.4. The second kappa shape index (κ2) is 6.29. The molecule has 0 heterocycles. The zero-order valence-corrected chi connectivity index (χ0v) is 10.5. The van der Waals surface area contributed by atoms with Gasteiger partial charge in [0.1, 0.15) is 17.1 Å². The van der Waals surface area contributed by atoms with E-state index in [1.165, 1.54) is 6.92 Å². The summed E-state index contributed by atoms with van der Waals surface area (Å²) in [5.41, 5.74) is 4.12. The van der Waals surface area contributed by atoms with Gasteiger partial charge in [-0.25, -0.2) is 18.4 Å². The topological polar surface area (TPSA) is 110 Å². The van der Waals surface area contributed by atoms with E-state index in [2.05, 4.69) is 4.74 Å². The predicted molar refractivity (Wildman–Crippen MR) is 63.5 cm³/mol. The normalized spacial score (nSPS) is 13.6. The molecular formula is C12H13F2NO5. The Labute approximate surface area is 112 Å². The van der Waals surface area contributed by atoms with E-state index in [0.717, 1.165) is 0 Å². The maximum absolute atomic E-state index is 13.7. The number of phenols is 1. The van der Waals surface area contributed by atoms with Gasteiger partial charge in [0.2, 0.25) is 6.17 Å². The Kier molecular flexibility index (Phi) is 4.98. The van der Waals surface area contributed by atoms with Crippen LogP contribution in [-0.2, 0) is 9.53 Å². The van der Waals surface area contributed by atoms with Crippen molar-refractivity contribution in [1.29, 1.82) is 0 Å². The summed E-state index contributed by atoms with van der Waals surface area (Å²) in [7, 11) is 0. The Morgan fingerprint density at radius 2 is 2.05 bits per heavy atom. The van der Waals surface area contributed by atoms with E-state index in [-0.39, 0.29) is 6.61 Å². The Bertz CT molecular complexity index is 535. The smallest absolute Gasteiger partial charge is 0.342 e. The molecule has 1 unspecified atom stereocenters. The number of rotatable bonds is 5. The number of carboxylic acid groups (broad SMARTS) is 1. The third kappa shape index (κ3) is 3.21. The second-order valence-corrected chi connectivity index (χ2v) is 3.88. The lowest BCUT2D eigenvalue weighted by molar-refractivity contribution is -0.149. The highest BCUT2D eigenvalue weighted by atomic mass is 19.1. The maximum Gasteiger partial charge on any atom is 0.342 e. The van der Waals surface area contributed by atoms with Crippen LogP contribution in [0, 0.1) is 5.82 Å². The number of ether oxygens (including phenoxy) is 1. The Morgan fingerprint density at radius 3 is 2.55 bits per heavy atom. The number of carboxylic acids is 1. The molecule has 6 nitrogen and oxygen atoms in total. The van der Waals surface area contributed by atoms with Crippen LogP contribution in [0.3, 0.4) is 0 Å². The van der Waals surface area contributed by atoms with Crippen molar-refractivity contribution in [2.75, 3.05) is 6.61 Å². The molecule has 20 heavy (non-hydrogen) atoms. The van der Waals surface area contributed by atoms with Gasteiger partial charge < -0.3 is 20.7 Å². The fraction of sp³-hybridized carbons (Fsp3) is 0.333. The third-order valence-electron chi connectivity index (χ3n) is 2.52. The fourth-order valence-corrected chi connectivity index (χ4v) is 1.56. The molecule has 0 saturated heterocycles. The molecule has 1 aromatic carbocycles. The summed E-state index contributed by atoms with van der Waals surface area (Å²) >= 11 is 0. The lowest BCUT2D eigenvalue weighted by atomic mass is 9.99. The third-order valence-corrected chi connectivity index (χ3v) is 2.52. The van der Waals surface area contributed by atoms with Crippen molar-refractivity contribution in [2.24, 2.45) is 5.73 Å². The van der Waals surface area contributed by atoms with Crippen LogP contribution >= 0.6 is 0 Å². The van der Waals surface area contributed by atoms with Crippen molar-refractivity contribution < 1.29 is 33.3 Å². The van der Waals surface area contributed by atoms with Crippen LogP contribution in [0.15, 0.2) is 12.1 Å². The molecule has 0 amide bonds. The molecule has 1 aromatic rings. The first-order valence-electron chi connectivity index (χ1n) is 5.61. The van der Waals surface area contributed by atoms with Crippen LogP contribution in [0.1, 0.15) is 28.9 Å². The number of alkyl halides is 1. The second-order valence-electron chi connectivity index (χ2n) is 3.88. The first-order chi connectivity index (χ1) is 9.29. The lowest BCUT2D eigenvalue weighted by Crippen LogP contribution is -2.31. The van der Waals surface area contributed by atoms with Gasteiger partial charge >= 0.3 is 11.9 Å². The number of halogens is 2. The molecule has 0 radical (unpaired) electrons. The van der Waals surface area contributed by atoms with Crippen molar-refractivity contribution in [2.45, 2.75) is 19.1 Å². The number of nitrogens with two attached hydrogens (primary N) is 1. The molecule has 4 N–H and O–H groups in total. The Morgan fingerprint density at radius 1 is 1.45 bits per heavy atom. The summed E-state index contributed by atoms with van der Waals surface area (Å²) in [6.07, 6.45) is -2.36. The molecule has 2 atom stereocenters. The Hall–Kier alpha value is -2.22. The van der Waals surface area contributed by atoms with Gasteiger partial charge in [-0.05, 0) is 19.1 Å². The minimum absolute atomic E-state index is 0.0819. The van der Waals surface area contributed by atoms with E-state index in [0.29, 0.717) is 12.1 Å². The molecule has 0 aliphatic heterocycles. The largest absolute Gasteiger partial charge is 0.507 e. The zero-order valence-electron chi connectivity index (χ0n) is 10.5. The number of benzene rings is 1. The van der Waals surface area contributed by atoms with E-state index >= 15 is 0 Å². The number of hydrogen-bond donors (Lipinski definition) is 3. The van der Waals surface area contributed by atoms with Crippen LogP contribution in [0.2, 0.25) is 0 Å². The Balaban J connectivity index is 3.19. The monoisotopic (exact) mass is 289 g/mol. The van der Waals surface area contributed by atoms with Gasteiger partial charge in [0.05, 0.1) is 12.6 Å². The zero-order chi connectivity index (χ0) is 15.4. The van der Waals surface area contributed by atoms with E-state index in [9.17, 15) is 23.5 Å². The van der Waals surface area contributed by atoms with Gasteiger partial charge in [-0.2, -0.15) is 0 Å². The van der Waals surface area contributed by atoms with Crippen molar-refractivity contribution >= 4 is 11.9 Å². The maximum atomic E-state index is 13.7. The van der Waals surface area contributed by atoms with E-state index in [4.69, 9.17) is 10.8 Å².